The van der Waals surface area contributed by atoms with Gasteiger partial charge in [-0.15, -0.1) is 11.3 Å². The van der Waals surface area contributed by atoms with Gasteiger partial charge in [-0.3, -0.25) is 14.6 Å². The van der Waals surface area contributed by atoms with Gasteiger partial charge >= 0.3 is 12.1 Å². The zero-order chi connectivity index (χ0) is 19.3. The zero-order valence-corrected chi connectivity index (χ0v) is 15.8. The zero-order valence-electron chi connectivity index (χ0n) is 15.0. The molecule has 2 heterocycles. The lowest BCUT2D eigenvalue weighted by molar-refractivity contribution is -0.147. The van der Waals surface area contributed by atoms with E-state index in [1.54, 1.807) is 31.7 Å². The van der Waals surface area contributed by atoms with E-state index in [0.29, 0.717) is 25.1 Å². The maximum Gasteiger partial charge on any atom is 0.408 e. The third-order valence-corrected chi connectivity index (χ3v) is 4.27. The average molecular weight is 384 g/mol. The number of aromatic nitrogens is 1. The molecule has 1 aromatic rings. The van der Waals surface area contributed by atoms with Crippen LogP contribution in [0.5, 0.6) is 0 Å². The monoisotopic (exact) mass is 384 g/mol. The molecule has 144 valence electrons. The van der Waals surface area contributed by atoms with E-state index in [1.165, 1.54) is 16.3 Å². The molecule has 1 aromatic heterocycles. The molecule has 1 aliphatic rings. The summed E-state index contributed by atoms with van der Waals surface area (Å²) in [6.07, 6.45) is 0.483. The van der Waals surface area contributed by atoms with E-state index in [0.717, 1.165) is 0 Å². The summed E-state index contributed by atoms with van der Waals surface area (Å²) in [6, 6.07) is -1.74. The number of nitrogens with one attached hydrogen (secondary N) is 2. The van der Waals surface area contributed by atoms with Crippen LogP contribution in [0.15, 0.2) is 10.9 Å². The van der Waals surface area contributed by atoms with Crippen LogP contribution in [0.2, 0.25) is 0 Å². The third kappa shape index (κ3) is 5.95. The summed E-state index contributed by atoms with van der Waals surface area (Å²) in [5.41, 5.74) is 4.32. The van der Waals surface area contributed by atoms with Gasteiger partial charge in [0.25, 0.3) is 5.91 Å². The Hall–Kier alpha value is -2.20. The molecular formula is C16H24N4O5S. The first-order chi connectivity index (χ1) is 12.2. The normalized spacial score (nSPS) is 18.9. The Kier molecular flexibility index (Phi) is 6.54. The molecule has 1 saturated heterocycles. The first kappa shape index (κ1) is 20.1. The van der Waals surface area contributed by atoms with Crippen molar-refractivity contribution in [1.82, 2.24) is 20.7 Å². The minimum Gasteiger partial charge on any atom is -0.480 e. The largest absolute Gasteiger partial charge is 0.480 e. The second kappa shape index (κ2) is 8.45. The van der Waals surface area contributed by atoms with Crippen molar-refractivity contribution in [1.29, 1.82) is 0 Å². The summed E-state index contributed by atoms with van der Waals surface area (Å²) in [5.74, 6) is -1.44. The number of carbonyl (C=O) groups is 3. The summed E-state index contributed by atoms with van der Waals surface area (Å²) in [6.45, 7) is 5.56. The Morgan fingerprint density at radius 1 is 1.50 bits per heavy atom. The molecule has 0 radical (unpaired) electrons. The smallest absolute Gasteiger partial charge is 0.408 e. The molecule has 9 nitrogen and oxygen atoms in total. The van der Waals surface area contributed by atoms with Gasteiger partial charge in [0.1, 0.15) is 17.7 Å². The van der Waals surface area contributed by atoms with Crippen LogP contribution < -0.4 is 10.7 Å². The lowest BCUT2D eigenvalue weighted by atomic mass is 10.1. The quantitative estimate of drug-likeness (QED) is 0.696. The fraction of sp³-hybridized carbons (Fsp3) is 0.625. The lowest BCUT2D eigenvalue weighted by Gasteiger charge is -2.34. The minimum absolute atomic E-state index is 0.192. The molecule has 2 amide bonds. The molecule has 0 aliphatic carbocycles. The number of carbonyl (C=O) groups excluding carboxylic acids is 2. The molecular weight excluding hydrogens is 360 g/mol. The molecule has 2 atom stereocenters. The van der Waals surface area contributed by atoms with Gasteiger partial charge in [-0.25, -0.2) is 15.2 Å². The Morgan fingerprint density at radius 3 is 2.81 bits per heavy atom. The van der Waals surface area contributed by atoms with Crippen molar-refractivity contribution in [2.75, 3.05) is 6.54 Å². The first-order valence-electron chi connectivity index (χ1n) is 8.32. The van der Waals surface area contributed by atoms with Gasteiger partial charge < -0.3 is 15.2 Å². The molecule has 0 aromatic carbocycles. The van der Waals surface area contributed by atoms with Gasteiger partial charge in [-0.05, 0) is 33.6 Å². The van der Waals surface area contributed by atoms with Crippen molar-refractivity contribution >= 4 is 29.3 Å². The summed E-state index contributed by atoms with van der Waals surface area (Å²) < 4.78 is 5.23. The number of carboxylic acids is 1. The Labute approximate surface area is 155 Å². The van der Waals surface area contributed by atoms with Crippen LogP contribution in [0.25, 0.3) is 0 Å². The molecule has 0 saturated carbocycles. The van der Waals surface area contributed by atoms with Crippen LogP contribution in [0.4, 0.5) is 4.79 Å². The summed E-state index contributed by atoms with van der Waals surface area (Å²) in [7, 11) is 0. The van der Waals surface area contributed by atoms with E-state index in [-0.39, 0.29) is 6.42 Å². The molecule has 2 rings (SSSR count). The molecule has 0 bridgehead atoms. The van der Waals surface area contributed by atoms with Gasteiger partial charge in [0.2, 0.25) is 0 Å². The van der Waals surface area contributed by atoms with Crippen molar-refractivity contribution in [3.05, 3.63) is 16.6 Å². The van der Waals surface area contributed by atoms with Crippen molar-refractivity contribution in [2.45, 2.75) is 57.7 Å². The van der Waals surface area contributed by atoms with Crippen LogP contribution in [0.3, 0.4) is 0 Å². The number of hydrogen-bond acceptors (Lipinski definition) is 7. The number of rotatable bonds is 5. The molecule has 10 heteroatoms. The number of alkyl carbamates (subject to hydrolysis) is 1. The van der Waals surface area contributed by atoms with E-state index >= 15 is 0 Å². The second-order valence-corrected chi connectivity index (χ2v) is 7.75. The van der Waals surface area contributed by atoms with Gasteiger partial charge in [0, 0.05) is 18.3 Å². The minimum atomic E-state index is -1.02. The maximum atomic E-state index is 12.9. The van der Waals surface area contributed by atoms with Crippen LogP contribution in [-0.4, -0.2) is 57.3 Å². The summed E-state index contributed by atoms with van der Waals surface area (Å²) in [5, 5.41) is 14.8. The van der Waals surface area contributed by atoms with E-state index in [9.17, 15) is 14.4 Å². The number of amides is 2. The predicted molar refractivity (Wildman–Crippen MR) is 94.5 cm³/mol. The van der Waals surface area contributed by atoms with E-state index in [2.05, 4.69) is 15.7 Å². The average Bonchev–Trinajstić information content (AvgIpc) is 3.05. The van der Waals surface area contributed by atoms with Crippen molar-refractivity contribution in [2.24, 2.45) is 0 Å². The fourth-order valence-electron chi connectivity index (χ4n) is 2.51. The molecule has 1 aliphatic heterocycles. The van der Waals surface area contributed by atoms with E-state index in [1.807, 2.05) is 0 Å². The number of nitrogens with zero attached hydrogens (tertiary/aromatic N) is 2. The van der Waals surface area contributed by atoms with Gasteiger partial charge in [0.15, 0.2) is 0 Å². The van der Waals surface area contributed by atoms with Crippen LogP contribution in [-0.2, 0) is 20.7 Å². The van der Waals surface area contributed by atoms with Crippen molar-refractivity contribution in [3.8, 4) is 0 Å². The Morgan fingerprint density at radius 2 is 2.23 bits per heavy atom. The van der Waals surface area contributed by atoms with Crippen molar-refractivity contribution < 1.29 is 24.2 Å². The highest BCUT2D eigenvalue weighted by Crippen LogP contribution is 2.13. The van der Waals surface area contributed by atoms with Gasteiger partial charge in [-0.2, -0.15) is 0 Å². The molecule has 0 unspecified atom stereocenters. The van der Waals surface area contributed by atoms with E-state index in [4.69, 9.17) is 9.84 Å². The Balaban J connectivity index is 2.10. The molecule has 3 N–H and O–H groups in total. The highest BCUT2D eigenvalue weighted by atomic mass is 32.1. The van der Waals surface area contributed by atoms with Gasteiger partial charge in [0.05, 0.1) is 11.2 Å². The van der Waals surface area contributed by atoms with Crippen LogP contribution >= 0.6 is 11.3 Å². The first-order valence-corrected chi connectivity index (χ1v) is 9.27. The number of aliphatic carboxylic acids is 1. The Bertz CT molecular complexity index is 644. The second-order valence-electron chi connectivity index (χ2n) is 7.03. The lowest BCUT2D eigenvalue weighted by Crippen LogP contribution is -2.60. The summed E-state index contributed by atoms with van der Waals surface area (Å²) in [4.78, 5) is 40.3. The topological polar surface area (TPSA) is 121 Å². The standard InChI is InChI=1S/C16H24N4O5S/c1-16(2,3)25-15(24)18-12(7-10-8-26-9-17-10)13(21)20-6-4-5-11(19-20)14(22)23/h8-9,11-12,19H,4-7H2,1-3H3,(H,18,24)(H,22,23)/t11-,12-/m0/s1. The molecule has 0 spiro atoms. The van der Waals surface area contributed by atoms with Crippen LogP contribution in [0, 0.1) is 0 Å². The van der Waals surface area contributed by atoms with Crippen molar-refractivity contribution in [3.63, 3.8) is 0 Å². The fourth-order valence-corrected chi connectivity index (χ4v) is 3.08. The maximum absolute atomic E-state index is 12.9. The highest BCUT2D eigenvalue weighted by molar-refractivity contribution is 7.07. The SMILES string of the molecule is CC(C)(C)OC(=O)N[C@@H](Cc1cscn1)C(=O)N1CCC[C@@H](C(=O)O)N1. The number of ether oxygens (including phenoxy) is 1. The summed E-state index contributed by atoms with van der Waals surface area (Å²) >= 11 is 1.39. The number of hydrazine groups is 1. The predicted octanol–water partition coefficient (Wildman–Crippen LogP) is 1.16. The van der Waals surface area contributed by atoms with E-state index < -0.39 is 35.7 Å². The highest BCUT2D eigenvalue weighted by Gasteiger charge is 2.33. The molecule has 1 fully saturated rings. The molecule has 26 heavy (non-hydrogen) atoms. The van der Waals surface area contributed by atoms with Gasteiger partial charge in [-0.1, -0.05) is 0 Å². The number of thiazole rings is 1. The van der Waals surface area contributed by atoms with Crippen LogP contribution in [0.1, 0.15) is 39.3 Å². The third-order valence-electron chi connectivity index (χ3n) is 3.64. The number of carboxylic acid groups (broad SMARTS) is 1. The number of hydrogen-bond donors (Lipinski definition) is 3.